The maximum absolute atomic E-state index is 12.3. The minimum Gasteiger partial charge on any atom is -0.493 e. The molecule has 1 aliphatic rings. The molecule has 1 saturated heterocycles. The van der Waals surface area contributed by atoms with Gasteiger partial charge in [-0.25, -0.2) is 8.42 Å². The van der Waals surface area contributed by atoms with Crippen LogP contribution in [0.3, 0.4) is 0 Å². The molecule has 1 aromatic rings. The van der Waals surface area contributed by atoms with Crippen molar-refractivity contribution in [3.63, 3.8) is 0 Å². The molecule has 1 aromatic carbocycles. The number of hydrogen-bond donors (Lipinski definition) is 0. The van der Waals surface area contributed by atoms with Gasteiger partial charge in [-0.3, -0.25) is 4.79 Å². The molecule has 0 amide bonds. The number of Topliss-reactive ketones (excluding diaryl/α,β-unsaturated/α-hetero) is 1. The molecular weight excluding hydrogens is 306 g/mol. The van der Waals surface area contributed by atoms with Gasteiger partial charge >= 0.3 is 6.61 Å². The highest BCUT2D eigenvalue weighted by atomic mass is 32.2. The minimum atomic E-state index is -3.19. The van der Waals surface area contributed by atoms with Gasteiger partial charge in [0.2, 0.25) is 0 Å². The fraction of sp³-hybridized carbons (Fsp3) is 0.462. The third kappa shape index (κ3) is 3.69. The number of methoxy groups -OCH3 is 1. The molecule has 0 aromatic heterocycles. The van der Waals surface area contributed by atoms with Crippen LogP contribution in [0.25, 0.3) is 0 Å². The van der Waals surface area contributed by atoms with Crippen LogP contribution in [0.15, 0.2) is 18.2 Å². The summed E-state index contributed by atoms with van der Waals surface area (Å²) in [6.07, 6.45) is 0.248. The summed E-state index contributed by atoms with van der Waals surface area (Å²) in [6, 6.07) is 3.90. The summed E-state index contributed by atoms with van der Waals surface area (Å²) in [4.78, 5) is 12.2. The maximum Gasteiger partial charge on any atom is 0.387 e. The SMILES string of the molecule is COc1ccc(C(=O)C2CCS(=O)(=O)C2)cc1OC(F)F. The van der Waals surface area contributed by atoms with Crippen molar-refractivity contribution >= 4 is 15.6 Å². The Hall–Kier alpha value is -1.70. The fourth-order valence-electron chi connectivity index (χ4n) is 2.26. The quantitative estimate of drug-likeness (QED) is 0.775. The second-order valence-electron chi connectivity index (χ2n) is 4.71. The average molecular weight is 320 g/mol. The molecule has 2 rings (SSSR count). The Labute approximate surface area is 120 Å². The molecule has 1 unspecified atom stereocenters. The lowest BCUT2D eigenvalue weighted by atomic mass is 9.97. The van der Waals surface area contributed by atoms with Crippen molar-refractivity contribution in [3.05, 3.63) is 23.8 Å². The van der Waals surface area contributed by atoms with Gasteiger partial charge in [-0.2, -0.15) is 8.78 Å². The lowest BCUT2D eigenvalue weighted by Crippen LogP contribution is -2.16. The van der Waals surface area contributed by atoms with E-state index in [0.29, 0.717) is 0 Å². The number of hydrogen-bond acceptors (Lipinski definition) is 5. The number of carbonyl (C=O) groups excluding carboxylic acids is 1. The third-order valence-electron chi connectivity index (χ3n) is 3.27. The van der Waals surface area contributed by atoms with Gasteiger partial charge in [0.05, 0.1) is 18.6 Å². The summed E-state index contributed by atoms with van der Waals surface area (Å²) in [5, 5.41) is 0. The van der Waals surface area contributed by atoms with Gasteiger partial charge in [0.15, 0.2) is 27.1 Å². The molecule has 0 bridgehead atoms. The second-order valence-corrected chi connectivity index (χ2v) is 6.94. The molecule has 21 heavy (non-hydrogen) atoms. The van der Waals surface area contributed by atoms with Crippen molar-refractivity contribution in [2.45, 2.75) is 13.0 Å². The molecule has 1 heterocycles. The molecule has 0 radical (unpaired) electrons. The lowest BCUT2D eigenvalue weighted by Gasteiger charge is -2.12. The van der Waals surface area contributed by atoms with Crippen molar-refractivity contribution in [2.75, 3.05) is 18.6 Å². The Kier molecular flexibility index (Phi) is 4.46. The Bertz CT molecular complexity index is 642. The van der Waals surface area contributed by atoms with Gasteiger partial charge in [0.1, 0.15) is 0 Å². The predicted octanol–water partition coefficient (Wildman–Crippen LogP) is 1.91. The second kappa shape index (κ2) is 5.97. The topological polar surface area (TPSA) is 69.7 Å². The first-order valence-electron chi connectivity index (χ1n) is 6.20. The smallest absolute Gasteiger partial charge is 0.387 e. The van der Waals surface area contributed by atoms with E-state index < -0.39 is 28.1 Å². The summed E-state index contributed by atoms with van der Waals surface area (Å²) < 4.78 is 56.6. The molecule has 0 saturated carbocycles. The van der Waals surface area contributed by atoms with E-state index in [4.69, 9.17) is 4.74 Å². The molecule has 0 spiro atoms. The Morgan fingerprint density at radius 1 is 1.33 bits per heavy atom. The highest BCUT2D eigenvalue weighted by molar-refractivity contribution is 7.91. The van der Waals surface area contributed by atoms with Crippen LogP contribution in [0, 0.1) is 5.92 Å². The molecule has 0 N–H and O–H groups in total. The van der Waals surface area contributed by atoms with Crippen LogP contribution in [0.2, 0.25) is 0 Å². The van der Waals surface area contributed by atoms with Crippen LogP contribution in [0.4, 0.5) is 8.78 Å². The van der Waals surface area contributed by atoms with Crippen molar-refractivity contribution in [2.24, 2.45) is 5.92 Å². The molecular formula is C13H14F2O5S. The van der Waals surface area contributed by atoms with E-state index in [1.165, 1.54) is 19.2 Å². The van der Waals surface area contributed by atoms with Crippen molar-refractivity contribution < 1.29 is 31.5 Å². The van der Waals surface area contributed by atoms with Crippen LogP contribution >= 0.6 is 0 Å². The number of alkyl halides is 2. The van der Waals surface area contributed by atoms with E-state index in [9.17, 15) is 22.0 Å². The van der Waals surface area contributed by atoms with Crippen molar-refractivity contribution in [1.82, 2.24) is 0 Å². The standard InChI is InChI=1S/C13H14F2O5S/c1-19-10-3-2-8(6-11(10)20-13(14)15)12(16)9-4-5-21(17,18)7-9/h2-3,6,9,13H,4-5,7H2,1H3. The van der Waals surface area contributed by atoms with E-state index in [1.54, 1.807) is 0 Å². The number of rotatable bonds is 5. The molecule has 8 heteroatoms. The maximum atomic E-state index is 12.3. The summed E-state index contributed by atoms with van der Waals surface area (Å²) in [7, 11) is -1.90. The zero-order chi connectivity index (χ0) is 15.6. The van der Waals surface area contributed by atoms with E-state index in [2.05, 4.69) is 4.74 Å². The van der Waals surface area contributed by atoms with Gasteiger partial charge in [-0.15, -0.1) is 0 Å². The Balaban J connectivity index is 2.26. The number of sulfone groups is 1. The summed E-state index contributed by atoms with van der Waals surface area (Å²) >= 11 is 0. The Morgan fingerprint density at radius 2 is 2.05 bits per heavy atom. The number of halogens is 2. The molecule has 116 valence electrons. The first-order valence-corrected chi connectivity index (χ1v) is 8.02. The predicted molar refractivity (Wildman–Crippen MR) is 70.7 cm³/mol. The summed E-state index contributed by atoms with van der Waals surface area (Å²) in [5.41, 5.74) is 0.133. The first kappa shape index (κ1) is 15.7. The van der Waals surface area contributed by atoms with E-state index in [-0.39, 0.29) is 35.0 Å². The first-order chi connectivity index (χ1) is 9.82. The van der Waals surface area contributed by atoms with Crippen LogP contribution < -0.4 is 9.47 Å². The molecule has 1 fully saturated rings. The van der Waals surface area contributed by atoms with Crippen LogP contribution in [-0.4, -0.2) is 39.4 Å². The number of ether oxygens (including phenoxy) is 2. The number of benzene rings is 1. The normalized spacial score (nSPS) is 20.5. The summed E-state index contributed by atoms with van der Waals surface area (Å²) in [5.74, 6) is -1.44. The van der Waals surface area contributed by atoms with Crippen LogP contribution in [-0.2, 0) is 9.84 Å². The lowest BCUT2D eigenvalue weighted by molar-refractivity contribution is -0.0512. The van der Waals surface area contributed by atoms with Gasteiger partial charge < -0.3 is 9.47 Å². The highest BCUT2D eigenvalue weighted by Crippen LogP contribution is 2.31. The monoisotopic (exact) mass is 320 g/mol. The minimum absolute atomic E-state index is 0.0278. The molecule has 1 atom stereocenters. The van der Waals surface area contributed by atoms with Gasteiger partial charge in [-0.1, -0.05) is 0 Å². The number of ketones is 1. The van der Waals surface area contributed by atoms with E-state index >= 15 is 0 Å². The zero-order valence-corrected chi connectivity index (χ0v) is 12.0. The highest BCUT2D eigenvalue weighted by Gasteiger charge is 2.33. The zero-order valence-electron chi connectivity index (χ0n) is 11.2. The molecule has 5 nitrogen and oxygen atoms in total. The summed E-state index contributed by atoms with van der Waals surface area (Å²) in [6.45, 7) is -3.05. The van der Waals surface area contributed by atoms with Crippen molar-refractivity contribution in [3.8, 4) is 11.5 Å². The van der Waals surface area contributed by atoms with Gasteiger partial charge in [-0.05, 0) is 24.6 Å². The van der Waals surface area contributed by atoms with Crippen LogP contribution in [0.1, 0.15) is 16.8 Å². The molecule has 1 aliphatic heterocycles. The van der Waals surface area contributed by atoms with E-state index in [1.807, 2.05) is 0 Å². The van der Waals surface area contributed by atoms with Gasteiger partial charge in [0.25, 0.3) is 0 Å². The fourth-order valence-corrected chi connectivity index (χ4v) is 4.00. The average Bonchev–Trinajstić information content (AvgIpc) is 2.77. The van der Waals surface area contributed by atoms with Gasteiger partial charge in [0, 0.05) is 11.5 Å². The van der Waals surface area contributed by atoms with E-state index in [0.717, 1.165) is 6.07 Å². The van der Waals surface area contributed by atoms with Crippen molar-refractivity contribution in [1.29, 1.82) is 0 Å². The largest absolute Gasteiger partial charge is 0.493 e. The number of carbonyl (C=O) groups is 1. The Morgan fingerprint density at radius 3 is 2.57 bits per heavy atom. The third-order valence-corrected chi connectivity index (χ3v) is 5.04. The molecule has 0 aliphatic carbocycles. The van der Waals surface area contributed by atoms with Crippen LogP contribution in [0.5, 0.6) is 11.5 Å².